The van der Waals surface area contributed by atoms with Gasteiger partial charge >= 0.3 is 0 Å². The highest BCUT2D eigenvalue weighted by molar-refractivity contribution is 5.81. The van der Waals surface area contributed by atoms with Crippen LogP contribution >= 0.6 is 0 Å². The van der Waals surface area contributed by atoms with E-state index < -0.39 is 0 Å². The molecule has 1 aromatic rings. The minimum absolute atomic E-state index is 0.295. The Morgan fingerprint density at radius 1 is 1.06 bits per heavy atom. The van der Waals surface area contributed by atoms with Crippen molar-refractivity contribution in [3.05, 3.63) is 34.9 Å². The van der Waals surface area contributed by atoms with Gasteiger partial charge in [0.05, 0.1) is 0 Å². The van der Waals surface area contributed by atoms with E-state index in [1.165, 1.54) is 18.4 Å². The van der Waals surface area contributed by atoms with Gasteiger partial charge in [0.15, 0.2) is 0 Å². The Balaban J connectivity index is 1.82. The molecule has 1 saturated carbocycles. The summed E-state index contributed by atoms with van der Waals surface area (Å²) in [7, 11) is 0. The van der Waals surface area contributed by atoms with E-state index in [0.29, 0.717) is 24.3 Å². The highest BCUT2D eigenvalue weighted by Crippen LogP contribution is 2.45. The van der Waals surface area contributed by atoms with Gasteiger partial charge in [-0.1, -0.05) is 18.2 Å². The van der Waals surface area contributed by atoms with Crippen molar-refractivity contribution in [2.45, 2.75) is 50.1 Å². The van der Waals surface area contributed by atoms with Gasteiger partial charge in [0, 0.05) is 24.9 Å². The van der Waals surface area contributed by atoms with Crippen LogP contribution in [0.15, 0.2) is 18.2 Å². The number of rotatable bonds is 1. The second-order valence-electron chi connectivity index (χ2n) is 5.76. The van der Waals surface area contributed by atoms with Crippen LogP contribution in [-0.4, -0.2) is 11.8 Å². The Bertz CT molecular complexity index is 490. The van der Waals surface area contributed by atoms with Crippen molar-refractivity contribution in [2.24, 2.45) is 0 Å². The Labute approximate surface area is 101 Å². The lowest BCUT2D eigenvalue weighted by Crippen LogP contribution is -2.46. The average molecular weight is 227 g/mol. The molecule has 2 heterocycles. The SMILES string of the molecule is O=C1CC2Cc3c(C4CC4)cccc3C(C1)N2. The normalized spacial score (nSPS) is 31.2. The first kappa shape index (κ1) is 9.84. The zero-order valence-electron chi connectivity index (χ0n) is 9.91. The van der Waals surface area contributed by atoms with Crippen LogP contribution in [0.4, 0.5) is 0 Å². The second kappa shape index (κ2) is 3.42. The lowest BCUT2D eigenvalue weighted by molar-refractivity contribution is -0.121. The van der Waals surface area contributed by atoms with E-state index in [4.69, 9.17) is 0 Å². The zero-order valence-corrected chi connectivity index (χ0v) is 9.91. The van der Waals surface area contributed by atoms with Gasteiger partial charge in [-0.15, -0.1) is 0 Å². The third kappa shape index (κ3) is 1.54. The number of ketones is 1. The van der Waals surface area contributed by atoms with Crippen molar-refractivity contribution in [1.82, 2.24) is 5.32 Å². The van der Waals surface area contributed by atoms with Gasteiger partial charge < -0.3 is 5.32 Å². The Kier molecular flexibility index (Phi) is 1.98. The Morgan fingerprint density at radius 2 is 1.88 bits per heavy atom. The molecule has 17 heavy (non-hydrogen) atoms. The minimum atomic E-state index is 0.295. The number of carbonyl (C=O) groups is 1. The van der Waals surface area contributed by atoms with E-state index in [-0.39, 0.29) is 0 Å². The number of nitrogens with one attached hydrogen (secondary N) is 1. The van der Waals surface area contributed by atoms with Crippen LogP contribution < -0.4 is 5.32 Å². The molecule has 0 radical (unpaired) electrons. The Hall–Kier alpha value is -1.15. The van der Waals surface area contributed by atoms with E-state index in [2.05, 4.69) is 23.5 Å². The summed E-state index contributed by atoms with van der Waals surface area (Å²) in [5, 5.41) is 3.61. The highest BCUT2D eigenvalue weighted by atomic mass is 16.1. The minimum Gasteiger partial charge on any atom is -0.306 e. The van der Waals surface area contributed by atoms with Crippen LogP contribution in [0.25, 0.3) is 0 Å². The molecular weight excluding hydrogens is 210 g/mol. The topological polar surface area (TPSA) is 29.1 Å². The number of hydrogen-bond donors (Lipinski definition) is 1. The molecule has 1 saturated heterocycles. The van der Waals surface area contributed by atoms with Crippen molar-refractivity contribution in [3.63, 3.8) is 0 Å². The largest absolute Gasteiger partial charge is 0.306 e. The first-order valence-electron chi connectivity index (χ1n) is 6.70. The number of fused-ring (bicyclic) bond motifs is 4. The predicted octanol–water partition coefficient (Wildman–Crippen LogP) is 2.48. The summed E-state index contributed by atoms with van der Waals surface area (Å²) in [6.07, 6.45) is 5.20. The van der Waals surface area contributed by atoms with Crippen LogP contribution in [0.3, 0.4) is 0 Å². The fourth-order valence-electron chi connectivity index (χ4n) is 3.53. The number of carbonyl (C=O) groups excluding carboxylic acids is 1. The Morgan fingerprint density at radius 3 is 2.71 bits per heavy atom. The average Bonchev–Trinajstić information content (AvgIpc) is 3.11. The molecule has 1 aliphatic carbocycles. The highest BCUT2D eigenvalue weighted by Gasteiger charge is 2.36. The second-order valence-corrected chi connectivity index (χ2v) is 5.76. The zero-order chi connectivity index (χ0) is 11.4. The molecule has 2 atom stereocenters. The maximum atomic E-state index is 11.7. The van der Waals surface area contributed by atoms with E-state index in [0.717, 1.165) is 18.8 Å². The van der Waals surface area contributed by atoms with Gasteiger partial charge in [0.1, 0.15) is 5.78 Å². The van der Waals surface area contributed by atoms with Crippen LogP contribution in [-0.2, 0) is 11.2 Å². The lowest BCUT2D eigenvalue weighted by Gasteiger charge is -2.38. The van der Waals surface area contributed by atoms with Crippen molar-refractivity contribution >= 4 is 5.78 Å². The van der Waals surface area contributed by atoms with Gasteiger partial charge in [0.2, 0.25) is 0 Å². The summed E-state index contributed by atoms with van der Waals surface area (Å²) < 4.78 is 0. The summed E-state index contributed by atoms with van der Waals surface area (Å²) in [5.74, 6) is 1.25. The monoisotopic (exact) mass is 227 g/mol. The van der Waals surface area contributed by atoms with Gasteiger partial charge in [-0.25, -0.2) is 0 Å². The van der Waals surface area contributed by atoms with E-state index in [1.54, 1.807) is 11.1 Å². The molecule has 88 valence electrons. The van der Waals surface area contributed by atoms with Crippen molar-refractivity contribution in [3.8, 4) is 0 Å². The summed E-state index contributed by atoms with van der Waals surface area (Å²) in [5.41, 5.74) is 4.54. The van der Waals surface area contributed by atoms with Gasteiger partial charge in [-0.05, 0) is 41.9 Å². The number of hydrogen-bond acceptors (Lipinski definition) is 2. The van der Waals surface area contributed by atoms with Crippen molar-refractivity contribution < 1.29 is 4.79 Å². The molecule has 0 aromatic heterocycles. The summed E-state index contributed by atoms with van der Waals surface area (Å²) in [6, 6.07) is 7.39. The van der Waals surface area contributed by atoms with Gasteiger partial charge in [-0.3, -0.25) is 4.79 Å². The molecule has 2 aliphatic heterocycles. The molecule has 1 N–H and O–H groups in total. The van der Waals surface area contributed by atoms with Crippen LogP contribution in [0.5, 0.6) is 0 Å². The standard InChI is InChI=1S/C15H17NO/c17-11-6-10-7-14-12(9-4-5-9)2-1-3-13(14)15(8-11)16-10/h1-3,9-10,15-16H,4-8H2. The molecule has 0 amide bonds. The fourth-order valence-corrected chi connectivity index (χ4v) is 3.53. The molecule has 2 nitrogen and oxygen atoms in total. The summed E-state index contributed by atoms with van der Waals surface area (Å²) in [6.45, 7) is 0. The van der Waals surface area contributed by atoms with Crippen molar-refractivity contribution in [2.75, 3.05) is 0 Å². The van der Waals surface area contributed by atoms with E-state index >= 15 is 0 Å². The lowest BCUT2D eigenvalue weighted by atomic mass is 9.79. The maximum absolute atomic E-state index is 11.7. The van der Waals surface area contributed by atoms with Gasteiger partial charge in [0.25, 0.3) is 0 Å². The smallest absolute Gasteiger partial charge is 0.136 e. The van der Waals surface area contributed by atoms with Crippen molar-refractivity contribution in [1.29, 1.82) is 0 Å². The fraction of sp³-hybridized carbons (Fsp3) is 0.533. The quantitative estimate of drug-likeness (QED) is 0.798. The molecule has 2 bridgehead atoms. The van der Waals surface area contributed by atoms with Crippen LogP contribution in [0.1, 0.15) is 54.3 Å². The molecule has 0 spiro atoms. The summed E-state index contributed by atoms with van der Waals surface area (Å²) in [4.78, 5) is 11.7. The maximum Gasteiger partial charge on any atom is 0.136 e. The number of piperidine rings is 1. The molecule has 3 aliphatic rings. The number of benzene rings is 1. The van der Waals surface area contributed by atoms with E-state index in [9.17, 15) is 4.79 Å². The predicted molar refractivity (Wildman–Crippen MR) is 66.0 cm³/mol. The van der Waals surface area contributed by atoms with Gasteiger partial charge in [-0.2, -0.15) is 0 Å². The van der Waals surface area contributed by atoms with Crippen LogP contribution in [0.2, 0.25) is 0 Å². The molecular formula is C15H17NO. The molecule has 2 unspecified atom stereocenters. The molecule has 1 aromatic carbocycles. The van der Waals surface area contributed by atoms with E-state index in [1.807, 2.05) is 0 Å². The molecule has 2 heteroatoms. The molecule has 2 fully saturated rings. The first-order valence-corrected chi connectivity index (χ1v) is 6.70. The summed E-state index contributed by atoms with van der Waals surface area (Å²) >= 11 is 0. The van der Waals surface area contributed by atoms with Crippen LogP contribution in [0, 0.1) is 0 Å². The number of Topliss-reactive ketones (excluding diaryl/α,β-unsaturated/α-hetero) is 1. The third-order valence-corrected chi connectivity index (χ3v) is 4.43. The third-order valence-electron chi connectivity index (χ3n) is 4.43. The first-order chi connectivity index (χ1) is 8.31. The molecule has 4 rings (SSSR count).